The fourth-order valence-electron chi connectivity index (χ4n) is 2.13. The summed E-state index contributed by atoms with van der Waals surface area (Å²) in [6.45, 7) is 2.85. The molecule has 0 bridgehead atoms. The van der Waals surface area contributed by atoms with Crippen molar-refractivity contribution in [3.8, 4) is 0 Å². The van der Waals surface area contributed by atoms with Crippen molar-refractivity contribution in [1.82, 2.24) is 10.2 Å². The first-order chi connectivity index (χ1) is 8.18. The number of piperazine rings is 1. The van der Waals surface area contributed by atoms with Gasteiger partial charge in [0.05, 0.1) is 0 Å². The van der Waals surface area contributed by atoms with Gasteiger partial charge in [-0.05, 0) is 17.7 Å². The molecule has 1 aromatic rings. The van der Waals surface area contributed by atoms with Gasteiger partial charge >= 0.3 is 5.97 Å². The van der Waals surface area contributed by atoms with E-state index >= 15 is 0 Å². The molecule has 1 fully saturated rings. The minimum atomic E-state index is -0.933. The number of carboxylic acids is 1. The van der Waals surface area contributed by atoms with Gasteiger partial charge in [0.2, 0.25) is 0 Å². The number of nitrogens with one attached hydrogen (secondary N) is 1. The molecule has 0 aliphatic carbocycles. The summed E-state index contributed by atoms with van der Waals surface area (Å²) in [5.41, 5.74) is 0.499. The van der Waals surface area contributed by atoms with Crippen molar-refractivity contribution in [3.05, 3.63) is 35.6 Å². The van der Waals surface area contributed by atoms with E-state index in [0.717, 1.165) is 13.1 Å². The van der Waals surface area contributed by atoms with E-state index in [1.807, 2.05) is 4.90 Å². The molecule has 2 rings (SSSR count). The number of hydrogen-bond acceptors (Lipinski definition) is 3. The number of aliphatic carboxylic acids is 1. The normalized spacial score (nSPS) is 18.9. The molecule has 92 valence electrons. The van der Waals surface area contributed by atoms with Crippen molar-refractivity contribution in [2.24, 2.45) is 0 Å². The van der Waals surface area contributed by atoms with Gasteiger partial charge in [0.1, 0.15) is 11.9 Å². The van der Waals surface area contributed by atoms with Crippen molar-refractivity contribution in [1.29, 1.82) is 0 Å². The van der Waals surface area contributed by atoms with Crippen LogP contribution in [0.3, 0.4) is 0 Å². The van der Waals surface area contributed by atoms with Crippen molar-refractivity contribution in [3.63, 3.8) is 0 Å². The van der Waals surface area contributed by atoms with Gasteiger partial charge < -0.3 is 10.4 Å². The third-order valence-corrected chi connectivity index (χ3v) is 2.92. The van der Waals surface area contributed by atoms with Crippen LogP contribution in [0.2, 0.25) is 0 Å². The summed E-state index contributed by atoms with van der Waals surface area (Å²) in [5.74, 6) is -1.33. The first-order valence-corrected chi connectivity index (χ1v) is 5.61. The van der Waals surface area contributed by atoms with Gasteiger partial charge in [-0.2, -0.15) is 0 Å². The van der Waals surface area contributed by atoms with E-state index in [1.54, 1.807) is 12.1 Å². The molecule has 0 saturated carbocycles. The molecule has 1 heterocycles. The lowest BCUT2D eigenvalue weighted by Crippen LogP contribution is -2.47. The molecule has 17 heavy (non-hydrogen) atoms. The molecule has 0 aromatic heterocycles. The van der Waals surface area contributed by atoms with Gasteiger partial charge in [-0.15, -0.1) is 0 Å². The lowest BCUT2D eigenvalue weighted by molar-refractivity contribution is -0.143. The van der Waals surface area contributed by atoms with E-state index in [9.17, 15) is 14.3 Å². The number of rotatable bonds is 3. The first-order valence-electron chi connectivity index (χ1n) is 5.61. The number of benzene rings is 1. The third-order valence-electron chi connectivity index (χ3n) is 2.92. The maximum atomic E-state index is 13.1. The summed E-state index contributed by atoms with van der Waals surface area (Å²) in [7, 11) is 0. The van der Waals surface area contributed by atoms with Crippen LogP contribution in [0.4, 0.5) is 4.39 Å². The Morgan fingerprint density at radius 3 is 2.71 bits per heavy atom. The van der Waals surface area contributed by atoms with E-state index in [-0.39, 0.29) is 0 Å². The zero-order valence-corrected chi connectivity index (χ0v) is 9.40. The highest BCUT2D eigenvalue weighted by Crippen LogP contribution is 2.22. The van der Waals surface area contributed by atoms with Crippen molar-refractivity contribution in [2.45, 2.75) is 6.04 Å². The fourth-order valence-corrected chi connectivity index (χ4v) is 2.13. The molecule has 1 aliphatic heterocycles. The zero-order chi connectivity index (χ0) is 12.3. The van der Waals surface area contributed by atoms with E-state index in [4.69, 9.17) is 0 Å². The molecule has 1 saturated heterocycles. The Morgan fingerprint density at radius 1 is 1.41 bits per heavy atom. The lowest BCUT2D eigenvalue weighted by Gasteiger charge is -2.32. The van der Waals surface area contributed by atoms with E-state index in [1.165, 1.54) is 12.1 Å². The number of nitrogens with zero attached hydrogens (tertiary/aromatic N) is 1. The number of carbonyl (C=O) groups is 1. The van der Waals surface area contributed by atoms with Crippen LogP contribution < -0.4 is 5.32 Å². The highest BCUT2D eigenvalue weighted by Gasteiger charge is 2.28. The van der Waals surface area contributed by atoms with Crippen molar-refractivity contribution in [2.75, 3.05) is 26.2 Å². The average molecular weight is 238 g/mol. The maximum absolute atomic E-state index is 13.1. The second-order valence-electron chi connectivity index (χ2n) is 4.08. The van der Waals surface area contributed by atoms with Gasteiger partial charge in [0.25, 0.3) is 0 Å². The monoisotopic (exact) mass is 238 g/mol. The quantitative estimate of drug-likeness (QED) is 0.820. The Kier molecular flexibility index (Phi) is 3.71. The molecule has 2 N–H and O–H groups in total. The van der Waals surface area contributed by atoms with Crippen molar-refractivity contribution >= 4 is 5.97 Å². The lowest BCUT2D eigenvalue weighted by atomic mass is 10.0. The second-order valence-corrected chi connectivity index (χ2v) is 4.08. The second kappa shape index (κ2) is 5.25. The van der Waals surface area contributed by atoms with E-state index in [2.05, 4.69) is 5.32 Å². The average Bonchev–Trinajstić information content (AvgIpc) is 2.30. The van der Waals surface area contributed by atoms with E-state index in [0.29, 0.717) is 18.7 Å². The van der Waals surface area contributed by atoms with Crippen LogP contribution in [-0.2, 0) is 4.79 Å². The van der Waals surface area contributed by atoms with Crippen molar-refractivity contribution < 1.29 is 14.3 Å². The van der Waals surface area contributed by atoms with Gasteiger partial charge in [-0.3, -0.25) is 9.69 Å². The summed E-state index contributed by atoms with van der Waals surface area (Å²) < 4.78 is 13.1. The third kappa shape index (κ3) is 2.81. The number of hydrogen-bond donors (Lipinski definition) is 2. The molecule has 1 aromatic carbocycles. The molecule has 1 atom stereocenters. The molecule has 4 nitrogen and oxygen atoms in total. The van der Waals surface area contributed by atoms with E-state index < -0.39 is 17.8 Å². The largest absolute Gasteiger partial charge is 0.480 e. The van der Waals surface area contributed by atoms with Crippen LogP contribution in [0.25, 0.3) is 0 Å². The summed E-state index contributed by atoms with van der Waals surface area (Å²) in [6, 6.07) is 5.06. The van der Waals surface area contributed by atoms with Crippen LogP contribution in [0.1, 0.15) is 11.6 Å². The Morgan fingerprint density at radius 2 is 2.12 bits per heavy atom. The molecule has 5 heteroatoms. The Hall–Kier alpha value is -1.46. The summed E-state index contributed by atoms with van der Waals surface area (Å²) >= 11 is 0. The van der Waals surface area contributed by atoms with Gasteiger partial charge in [-0.1, -0.05) is 12.1 Å². The van der Waals surface area contributed by atoms with Crippen LogP contribution >= 0.6 is 0 Å². The van der Waals surface area contributed by atoms with Crippen LogP contribution in [0, 0.1) is 5.82 Å². The standard InChI is InChI=1S/C12H15FN2O2/c13-10-3-1-2-9(8-10)11(12(16)17)15-6-4-14-5-7-15/h1-3,8,11,14H,4-7H2,(H,16,17). The predicted molar refractivity (Wildman–Crippen MR) is 61.2 cm³/mol. The first kappa shape index (κ1) is 12.0. The SMILES string of the molecule is O=C(O)C(c1cccc(F)c1)N1CCNCC1. The Balaban J connectivity index is 2.25. The van der Waals surface area contributed by atoms with Gasteiger partial charge in [-0.25, -0.2) is 4.39 Å². The Labute approximate surface area is 99.0 Å². The van der Waals surface area contributed by atoms with Gasteiger partial charge in [0, 0.05) is 26.2 Å². The molecular weight excluding hydrogens is 223 g/mol. The highest BCUT2D eigenvalue weighted by atomic mass is 19.1. The molecule has 0 spiro atoms. The molecule has 0 amide bonds. The smallest absolute Gasteiger partial charge is 0.325 e. The highest BCUT2D eigenvalue weighted by molar-refractivity contribution is 5.75. The molecular formula is C12H15FN2O2. The summed E-state index contributed by atoms with van der Waals surface area (Å²) in [5, 5.41) is 12.4. The minimum Gasteiger partial charge on any atom is -0.480 e. The fraction of sp³-hybridized carbons (Fsp3) is 0.417. The predicted octanol–water partition coefficient (Wildman–Crippen LogP) is 0.857. The maximum Gasteiger partial charge on any atom is 0.325 e. The Bertz CT molecular complexity index is 405. The summed E-state index contributed by atoms with van der Waals surface area (Å²) in [6.07, 6.45) is 0. The molecule has 1 unspecified atom stereocenters. The topological polar surface area (TPSA) is 52.6 Å². The zero-order valence-electron chi connectivity index (χ0n) is 9.40. The van der Waals surface area contributed by atoms with Gasteiger partial charge in [0.15, 0.2) is 0 Å². The molecule has 1 aliphatic rings. The van der Waals surface area contributed by atoms with Crippen LogP contribution in [0.15, 0.2) is 24.3 Å². The minimum absolute atomic E-state index is 0.399. The number of halogens is 1. The number of carboxylic acid groups (broad SMARTS) is 1. The van der Waals surface area contributed by atoms with Crippen LogP contribution in [-0.4, -0.2) is 42.2 Å². The van der Waals surface area contributed by atoms with Crippen LogP contribution in [0.5, 0.6) is 0 Å². The summed E-state index contributed by atoms with van der Waals surface area (Å²) in [4.78, 5) is 13.2. The molecule has 0 radical (unpaired) electrons.